The summed E-state index contributed by atoms with van der Waals surface area (Å²) in [5.41, 5.74) is 0.705. The number of thiophene rings is 1. The molecule has 0 saturated heterocycles. The van der Waals surface area contributed by atoms with E-state index >= 15 is 0 Å². The number of nitrogens with one attached hydrogen (secondary N) is 1. The lowest BCUT2D eigenvalue weighted by Gasteiger charge is -2.37. The summed E-state index contributed by atoms with van der Waals surface area (Å²) >= 11 is 3.47. The topological polar surface area (TPSA) is 45.2 Å². The molecule has 0 bridgehead atoms. The molecule has 4 nitrogen and oxygen atoms in total. The molecule has 0 aliphatic heterocycles. The second-order valence-corrected chi connectivity index (χ2v) is 9.53. The van der Waals surface area contributed by atoms with Gasteiger partial charge in [-0.05, 0) is 75.0 Å². The van der Waals surface area contributed by atoms with Crippen molar-refractivity contribution in [2.24, 2.45) is 5.92 Å². The first-order valence-electron chi connectivity index (χ1n) is 9.68. The minimum Gasteiger partial charge on any atom is -0.349 e. The van der Waals surface area contributed by atoms with E-state index in [1.165, 1.54) is 4.88 Å². The van der Waals surface area contributed by atoms with E-state index < -0.39 is 0 Å². The van der Waals surface area contributed by atoms with Crippen molar-refractivity contribution in [2.45, 2.75) is 49.7 Å². The maximum absolute atomic E-state index is 12.7. The summed E-state index contributed by atoms with van der Waals surface area (Å²) in [7, 11) is 4.35. The summed E-state index contributed by atoms with van der Waals surface area (Å²) in [4.78, 5) is 20.9. The molecule has 1 saturated carbocycles. The molecule has 0 radical (unpaired) electrons. The summed E-state index contributed by atoms with van der Waals surface area (Å²) in [6.07, 6.45) is 6.14. The molecule has 1 aliphatic carbocycles. The Balaban J connectivity index is 1.59. The SMILES string of the molecule is CCSc1ncccc1C(=O)NC1CCC(C(c2cccs2)N(C)C)CC1. The third-order valence-electron chi connectivity index (χ3n) is 5.24. The van der Waals surface area contributed by atoms with Gasteiger partial charge >= 0.3 is 0 Å². The monoisotopic (exact) mass is 403 g/mol. The van der Waals surface area contributed by atoms with Gasteiger partial charge in [0.05, 0.1) is 5.56 Å². The average molecular weight is 404 g/mol. The molecule has 2 heterocycles. The first kappa shape index (κ1) is 20.4. The van der Waals surface area contributed by atoms with Crippen molar-refractivity contribution >= 4 is 29.0 Å². The van der Waals surface area contributed by atoms with Gasteiger partial charge in [0.25, 0.3) is 5.91 Å². The Labute approximate surface area is 170 Å². The van der Waals surface area contributed by atoms with Crippen LogP contribution in [0.1, 0.15) is 53.9 Å². The van der Waals surface area contributed by atoms with E-state index in [0.29, 0.717) is 17.5 Å². The highest BCUT2D eigenvalue weighted by molar-refractivity contribution is 7.99. The summed E-state index contributed by atoms with van der Waals surface area (Å²) < 4.78 is 0. The molecule has 1 amide bonds. The molecule has 2 aromatic rings. The third-order valence-corrected chi connectivity index (χ3v) is 7.07. The lowest BCUT2D eigenvalue weighted by atomic mass is 9.80. The molecule has 1 unspecified atom stereocenters. The number of hydrogen-bond acceptors (Lipinski definition) is 5. The van der Waals surface area contributed by atoms with E-state index in [4.69, 9.17) is 0 Å². The van der Waals surface area contributed by atoms with Crippen LogP contribution < -0.4 is 5.32 Å². The Morgan fingerprint density at radius 1 is 1.30 bits per heavy atom. The Kier molecular flexibility index (Phi) is 7.33. The maximum Gasteiger partial charge on any atom is 0.254 e. The predicted octanol–water partition coefficient (Wildman–Crippen LogP) is 4.85. The zero-order valence-electron chi connectivity index (χ0n) is 16.4. The van der Waals surface area contributed by atoms with Gasteiger partial charge in [0.1, 0.15) is 5.03 Å². The summed E-state index contributed by atoms with van der Waals surface area (Å²) in [6, 6.07) is 8.85. The predicted molar refractivity (Wildman–Crippen MR) is 115 cm³/mol. The van der Waals surface area contributed by atoms with Crippen LogP contribution in [-0.4, -0.2) is 41.7 Å². The molecule has 1 atom stereocenters. The molecule has 1 fully saturated rings. The van der Waals surface area contributed by atoms with Gasteiger partial charge in [0, 0.05) is 23.2 Å². The van der Waals surface area contributed by atoms with Crippen molar-refractivity contribution in [3.05, 3.63) is 46.3 Å². The Hall–Kier alpha value is -1.37. The van der Waals surface area contributed by atoms with Crippen molar-refractivity contribution in [1.82, 2.24) is 15.2 Å². The van der Waals surface area contributed by atoms with Gasteiger partial charge in [0.2, 0.25) is 0 Å². The van der Waals surface area contributed by atoms with E-state index in [-0.39, 0.29) is 11.9 Å². The minimum absolute atomic E-state index is 0.0184. The van der Waals surface area contributed by atoms with Gasteiger partial charge in [-0.15, -0.1) is 23.1 Å². The van der Waals surface area contributed by atoms with Crippen LogP contribution in [0.15, 0.2) is 40.9 Å². The average Bonchev–Trinajstić information content (AvgIpc) is 3.18. The molecule has 1 N–H and O–H groups in total. The van der Waals surface area contributed by atoms with Crippen LogP contribution in [-0.2, 0) is 0 Å². The van der Waals surface area contributed by atoms with E-state index in [2.05, 4.69) is 53.7 Å². The van der Waals surface area contributed by atoms with Crippen LogP contribution >= 0.6 is 23.1 Å². The smallest absolute Gasteiger partial charge is 0.254 e. The van der Waals surface area contributed by atoms with Crippen molar-refractivity contribution in [1.29, 1.82) is 0 Å². The summed E-state index contributed by atoms with van der Waals surface area (Å²) in [6.45, 7) is 2.08. The molecule has 6 heteroatoms. The van der Waals surface area contributed by atoms with E-state index in [1.54, 1.807) is 18.0 Å². The zero-order valence-corrected chi connectivity index (χ0v) is 18.0. The summed E-state index contributed by atoms with van der Waals surface area (Å²) in [5, 5.41) is 6.25. The van der Waals surface area contributed by atoms with Crippen LogP contribution in [0.25, 0.3) is 0 Å². The number of carbonyl (C=O) groups excluding carboxylic acids is 1. The quantitative estimate of drug-likeness (QED) is 0.672. The second-order valence-electron chi connectivity index (χ2n) is 7.30. The molecule has 3 rings (SSSR count). The normalized spacial score (nSPS) is 21.2. The van der Waals surface area contributed by atoms with Crippen molar-refractivity contribution < 1.29 is 4.79 Å². The Morgan fingerprint density at radius 3 is 2.70 bits per heavy atom. The van der Waals surface area contributed by atoms with Crippen molar-refractivity contribution in [3.63, 3.8) is 0 Å². The number of aromatic nitrogens is 1. The molecule has 1 aliphatic rings. The summed E-state index contributed by atoms with van der Waals surface area (Å²) in [5.74, 6) is 1.58. The van der Waals surface area contributed by atoms with Crippen molar-refractivity contribution in [3.8, 4) is 0 Å². The molecule has 0 spiro atoms. The molecule has 27 heavy (non-hydrogen) atoms. The van der Waals surface area contributed by atoms with Crippen LogP contribution in [0.3, 0.4) is 0 Å². The van der Waals surface area contributed by atoms with Gasteiger partial charge in [-0.2, -0.15) is 0 Å². The molecule has 146 valence electrons. The lowest BCUT2D eigenvalue weighted by molar-refractivity contribution is 0.0904. The lowest BCUT2D eigenvalue weighted by Crippen LogP contribution is -2.40. The first-order valence-corrected chi connectivity index (χ1v) is 11.5. The van der Waals surface area contributed by atoms with Gasteiger partial charge < -0.3 is 10.2 Å². The molecular weight excluding hydrogens is 374 g/mol. The highest BCUT2D eigenvalue weighted by Crippen LogP contribution is 2.39. The van der Waals surface area contributed by atoms with Crippen LogP contribution in [0.4, 0.5) is 0 Å². The fraction of sp³-hybridized carbons (Fsp3) is 0.524. The van der Waals surface area contributed by atoms with Gasteiger partial charge in [-0.1, -0.05) is 13.0 Å². The molecule has 2 aromatic heterocycles. The Morgan fingerprint density at radius 2 is 2.07 bits per heavy atom. The van der Waals surface area contributed by atoms with Gasteiger partial charge in [-0.3, -0.25) is 4.79 Å². The standard InChI is InChI=1S/C21H29N3OS2/c1-4-26-21-17(7-5-13-22-21)20(25)23-16-11-9-15(10-12-16)19(24(2)3)18-8-6-14-27-18/h5-8,13-16,19H,4,9-12H2,1-3H3,(H,23,25). The van der Waals surface area contributed by atoms with E-state index in [1.807, 2.05) is 23.5 Å². The van der Waals surface area contributed by atoms with E-state index in [0.717, 1.165) is 36.5 Å². The highest BCUT2D eigenvalue weighted by atomic mass is 32.2. The highest BCUT2D eigenvalue weighted by Gasteiger charge is 2.31. The molecule has 0 aromatic carbocycles. The fourth-order valence-electron chi connectivity index (χ4n) is 4.03. The number of carbonyl (C=O) groups is 1. The van der Waals surface area contributed by atoms with Crippen LogP contribution in [0.2, 0.25) is 0 Å². The number of hydrogen-bond donors (Lipinski definition) is 1. The Bertz CT molecular complexity index is 725. The van der Waals surface area contributed by atoms with Crippen LogP contribution in [0.5, 0.6) is 0 Å². The van der Waals surface area contributed by atoms with E-state index in [9.17, 15) is 4.79 Å². The number of nitrogens with zero attached hydrogens (tertiary/aromatic N) is 2. The van der Waals surface area contributed by atoms with Crippen LogP contribution in [0, 0.1) is 5.92 Å². The van der Waals surface area contributed by atoms with Gasteiger partial charge in [-0.25, -0.2) is 4.98 Å². The number of rotatable bonds is 7. The van der Waals surface area contributed by atoms with Crippen molar-refractivity contribution in [2.75, 3.05) is 19.8 Å². The number of amides is 1. The second kappa shape index (κ2) is 9.71. The fourth-order valence-corrected chi connectivity index (χ4v) is 5.76. The largest absolute Gasteiger partial charge is 0.349 e. The number of thioether (sulfide) groups is 1. The zero-order chi connectivity index (χ0) is 19.2. The first-order chi connectivity index (χ1) is 13.1. The molecular formula is C21H29N3OS2. The maximum atomic E-state index is 12.7. The van der Waals surface area contributed by atoms with Gasteiger partial charge in [0.15, 0.2) is 0 Å². The minimum atomic E-state index is 0.0184. The third kappa shape index (κ3) is 5.12. The number of pyridine rings is 1.